The minimum atomic E-state index is -0.154. The Hall–Kier alpha value is -3.39. The smallest absolute Gasteiger partial charge is 0.315 e. The molecule has 2 aromatic heterocycles. The van der Waals surface area contributed by atoms with Gasteiger partial charge in [0.05, 0.1) is 5.56 Å². The molecule has 0 spiro atoms. The van der Waals surface area contributed by atoms with Gasteiger partial charge in [-0.3, -0.25) is 9.78 Å². The van der Waals surface area contributed by atoms with Crippen LogP contribution in [0.3, 0.4) is 0 Å². The first-order valence-electron chi connectivity index (χ1n) is 14.7. The average Bonchev–Trinajstić information content (AvgIpc) is 3.37. The van der Waals surface area contributed by atoms with Gasteiger partial charge in [-0.05, 0) is 75.7 Å². The number of aryl methyl sites for hydroxylation is 1. The van der Waals surface area contributed by atoms with Crippen molar-refractivity contribution in [2.45, 2.75) is 70.5 Å². The summed E-state index contributed by atoms with van der Waals surface area (Å²) in [6.45, 7) is 6.12. The molecule has 3 aromatic rings. The number of unbranched alkanes of at least 4 members (excludes halogenated alkanes) is 2. The van der Waals surface area contributed by atoms with Gasteiger partial charge in [0.15, 0.2) is 0 Å². The molecule has 2 aliphatic rings. The number of hydrogen-bond donors (Lipinski definition) is 2. The van der Waals surface area contributed by atoms with Gasteiger partial charge >= 0.3 is 6.03 Å². The number of pyridine rings is 1. The van der Waals surface area contributed by atoms with Crippen molar-refractivity contribution in [1.82, 2.24) is 30.0 Å². The zero-order valence-corrected chi connectivity index (χ0v) is 23.0. The molecule has 8 nitrogen and oxygen atoms in total. The molecular weight excluding hydrogens is 488 g/mol. The van der Waals surface area contributed by atoms with E-state index in [1.807, 2.05) is 24.3 Å². The standard InChI is InChI=1S/C31H42N6O2/c38-30(36-20-13-26(14-21-36)35-17-7-2-8-18-35)28-24-37(29-12-4-3-11-27(28)29)19-6-1-5-16-33-31(39)34-23-25-10-9-15-32-22-25/h3-4,9-12,15,22,24,26H,1-2,5-8,13-14,16-21,23H2,(H2,33,34,39). The number of fused-ring (bicyclic) bond motifs is 1. The fourth-order valence-electron chi connectivity index (χ4n) is 6.02. The van der Waals surface area contributed by atoms with Gasteiger partial charge < -0.3 is 25.0 Å². The second-order valence-electron chi connectivity index (χ2n) is 10.9. The zero-order valence-electron chi connectivity index (χ0n) is 23.0. The van der Waals surface area contributed by atoms with Crippen molar-refractivity contribution in [1.29, 1.82) is 0 Å². The normalized spacial score (nSPS) is 16.9. The fraction of sp³-hybridized carbons (Fsp3) is 0.516. The summed E-state index contributed by atoms with van der Waals surface area (Å²) in [5.74, 6) is 0.170. The minimum Gasteiger partial charge on any atom is -0.347 e. The van der Waals surface area contributed by atoms with E-state index in [1.54, 1.807) is 12.4 Å². The molecule has 0 saturated carbocycles. The maximum absolute atomic E-state index is 13.6. The van der Waals surface area contributed by atoms with Gasteiger partial charge in [-0.25, -0.2) is 4.79 Å². The van der Waals surface area contributed by atoms with E-state index in [0.717, 1.165) is 73.8 Å². The zero-order chi connectivity index (χ0) is 26.9. The molecule has 0 radical (unpaired) electrons. The van der Waals surface area contributed by atoms with E-state index in [4.69, 9.17) is 0 Å². The Bertz CT molecular complexity index is 1210. The number of hydrogen-bond acceptors (Lipinski definition) is 4. The molecule has 3 amide bonds. The molecule has 2 N–H and O–H groups in total. The van der Waals surface area contributed by atoms with Gasteiger partial charge in [-0.2, -0.15) is 0 Å². The molecule has 2 aliphatic heterocycles. The third kappa shape index (κ3) is 7.18. The number of carbonyl (C=O) groups excluding carboxylic acids is 2. The van der Waals surface area contributed by atoms with Crippen LogP contribution >= 0.6 is 0 Å². The second-order valence-corrected chi connectivity index (χ2v) is 10.9. The minimum absolute atomic E-state index is 0.154. The van der Waals surface area contributed by atoms with Crippen molar-refractivity contribution >= 4 is 22.8 Å². The van der Waals surface area contributed by atoms with Gasteiger partial charge in [-0.1, -0.05) is 30.7 Å². The van der Waals surface area contributed by atoms with Crippen LogP contribution in [-0.4, -0.2) is 70.1 Å². The molecule has 8 heteroatoms. The maximum atomic E-state index is 13.6. The summed E-state index contributed by atoms with van der Waals surface area (Å²) in [4.78, 5) is 34.4. The Morgan fingerprint density at radius 1 is 0.897 bits per heavy atom. The van der Waals surface area contributed by atoms with Gasteiger partial charge in [0.25, 0.3) is 5.91 Å². The molecule has 5 rings (SSSR count). The number of para-hydroxylation sites is 1. The van der Waals surface area contributed by atoms with Crippen LogP contribution in [0.25, 0.3) is 10.9 Å². The van der Waals surface area contributed by atoms with E-state index < -0.39 is 0 Å². The van der Waals surface area contributed by atoms with Crippen LogP contribution in [0, 0.1) is 0 Å². The van der Waals surface area contributed by atoms with Crippen molar-refractivity contribution in [2.75, 3.05) is 32.7 Å². The number of benzene rings is 1. The Morgan fingerprint density at radius 3 is 2.51 bits per heavy atom. The Labute approximate surface area is 231 Å². The van der Waals surface area contributed by atoms with Crippen LogP contribution in [-0.2, 0) is 13.1 Å². The van der Waals surface area contributed by atoms with Gasteiger partial charge in [-0.15, -0.1) is 0 Å². The van der Waals surface area contributed by atoms with E-state index >= 15 is 0 Å². The summed E-state index contributed by atoms with van der Waals surface area (Å²) >= 11 is 0. The highest BCUT2D eigenvalue weighted by Crippen LogP contribution is 2.26. The average molecular weight is 531 g/mol. The van der Waals surface area contributed by atoms with Crippen LogP contribution in [0.2, 0.25) is 0 Å². The van der Waals surface area contributed by atoms with E-state index in [9.17, 15) is 9.59 Å². The van der Waals surface area contributed by atoms with Crippen LogP contribution in [0.15, 0.2) is 55.0 Å². The first-order valence-corrected chi connectivity index (χ1v) is 14.7. The number of rotatable bonds is 10. The lowest BCUT2D eigenvalue weighted by atomic mass is 9.99. The Morgan fingerprint density at radius 2 is 1.72 bits per heavy atom. The third-order valence-electron chi connectivity index (χ3n) is 8.21. The number of aromatic nitrogens is 2. The van der Waals surface area contributed by atoms with Crippen LogP contribution < -0.4 is 10.6 Å². The summed E-state index contributed by atoms with van der Waals surface area (Å²) < 4.78 is 2.23. The van der Waals surface area contributed by atoms with Crippen molar-refractivity contribution in [3.05, 3.63) is 66.1 Å². The first-order chi connectivity index (χ1) is 19.2. The van der Waals surface area contributed by atoms with E-state index in [2.05, 4.69) is 48.3 Å². The summed E-state index contributed by atoms with van der Waals surface area (Å²) in [6, 6.07) is 12.5. The van der Waals surface area contributed by atoms with Gasteiger partial charge in [0, 0.05) is 68.3 Å². The summed E-state index contributed by atoms with van der Waals surface area (Å²) in [5.41, 5.74) is 2.93. The largest absolute Gasteiger partial charge is 0.347 e. The first kappa shape index (κ1) is 27.2. The number of likely N-dealkylation sites (tertiary alicyclic amines) is 2. The maximum Gasteiger partial charge on any atom is 0.315 e. The lowest BCUT2D eigenvalue weighted by Crippen LogP contribution is -2.48. The van der Waals surface area contributed by atoms with E-state index in [0.29, 0.717) is 19.1 Å². The van der Waals surface area contributed by atoms with Crippen LogP contribution in [0.4, 0.5) is 4.79 Å². The SMILES string of the molecule is O=C(NCCCCCn1cc(C(=O)N2CCC(N3CCCCC3)CC2)c2ccccc21)NCc1cccnc1. The summed E-state index contributed by atoms with van der Waals surface area (Å²) in [6.07, 6.45) is 14.6. The summed E-state index contributed by atoms with van der Waals surface area (Å²) in [5, 5.41) is 6.84. The lowest BCUT2D eigenvalue weighted by Gasteiger charge is -2.40. The number of nitrogens with zero attached hydrogens (tertiary/aromatic N) is 4. The van der Waals surface area contributed by atoms with Crippen molar-refractivity contribution in [3.8, 4) is 0 Å². The molecule has 2 saturated heterocycles. The highest BCUT2D eigenvalue weighted by molar-refractivity contribution is 6.07. The molecule has 4 heterocycles. The van der Waals surface area contributed by atoms with Gasteiger partial charge in [0.2, 0.25) is 0 Å². The molecular formula is C31H42N6O2. The van der Waals surface area contributed by atoms with E-state index in [-0.39, 0.29) is 11.9 Å². The lowest BCUT2D eigenvalue weighted by molar-refractivity contribution is 0.0591. The monoisotopic (exact) mass is 530 g/mol. The molecule has 39 heavy (non-hydrogen) atoms. The number of piperidine rings is 2. The van der Waals surface area contributed by atoms with Crippen LogP contribution in [0.1, 0.15) is 67.3 Å². The van der Waals surface area contributed by atoms with Crippen molar-refractivity contribution in [3.63, 3.8) is 0 Å². The quantitative estimate of drug-likeness (QED) is 0.369. The molecule has 0 atom stereocenters. The van der Waals surface area contributed by atoms with E-state index in [1.165, 1.54) is 32.4 Å². The molecule has 0 bridgehead atoms. The topological polar surface area (TPSA) is 82.5 Å². The predicted molar refractivity (Wildman–Crippen MR) is 155 cm³/mol. The second kappa shape index (κ2) is 13.6. The Kier molecular flexibility index (Phi) is 9.48. The van der Waals surface area contributed by atoms with Crippen molar-refractivity contribution < 1.29 is 9.59 Å². The van der Waals surface area contributed by atoms with Gasteiger partial charge in [0.1, 0.15) is 0 Å². The molecule has 0 aliphatic carbocycles. The number of urea groups is 1. The number of nitrogens with one attached hydrogen (secondary N) is 2. The summed E-state index contributed by atoms with van der Waals surface area (Å²) in [7, 11) is 0. The fourth-order valence-corrected chi connectivity index (χ4v) is 6.02. The van der Waals surface area contributed by atoms with Crippen molar-refractivity contribution in [2.24, 2.45) is 0 Å². The number of amides is 3. The Balaban J connectivity index is 1.07. The third-order valence-corrected chi connectivity index (χ3v) is 8.21. The predicted octanol–water partition coefficient (Wildman–Crippen LogP) is 4.80. The molecule has 208 valence electrons. The van der Waals surface area contributed by atoms with Crippen LogP contribution in [0.5, 0.6) is 0 Å². The number of carbonyl (C=O) groups is 2. The molecule has 0 unspecified atom stereocenters. The molecule has 2 fully saturated rings. The highest BCUT2D eigenvalue weighted by atomic mass is 16.2. The highest BCUT2D eigenvalue weighted by Gasteiger charge is 2.29. The molecule has 1 aromatic carbocycles.